The Hall–Kier alpha value is -4.05. The van der Waals surface area contributed by atoms with Crippen molar-refractivity contribution in [3.8, 4) is 16.9 Å². The fourth-order valence-corrected chi connectivity index (χ4v) is 5.73. The molecule has 5 aromatic rings. The van der Waals surface area contributed by atoms with Crippen molar-refractivity contribution in [1.82, 2.24) is 4.98 Å². The normalized spacial score (nSPS) is 13.1. The summed E-state index contributed by atoms with van der Waals surface area (Å²) in [6.07, 6.45) is 5.98. The number of carboxylic acids is 1. The third kappa shape index (κ3) is 4.03. The van der Waals surface area contributed by atoms with Crippen LogP contribution in [0.1, 0.15) is 46.4 Å². The molecule has 0 unspecified atom stereocenters. The van der Waals surface area contributed by atoms with Gasteiger partial charge in [0.1, 0.15) is 11.4 Å². The summed E-state index contributed by atoms with van der Waals surface area (Å²) in [7, 11) is 0. The van der Waals surface area contributed by atoms with Crippen LogP contribution in [0.25, 0.3) is 32.8 Å². The lowest BCUT2D eigenvalue weighted by atomic mass is 9.85. The molecule has 0 atom stereocenters. The van der Waals surface area contributed by atoms with E-state index in [0.717, 1.165) is 57.8 Å². The van der Waals surface area contributed by atoms with Crippen molar-refractivity contribution in [3.05, 3.63) is 101 Å². The van der Waals surface area contributed by atoms with Crippen LogP contribution in [0.3, 0.4) is 0 Å². The van der Waals surface area contributed by atoms with Crippen LogP contribution in [0.4, 0.5) is 0 Å². The molecular formula is C32H29NO3. The molecule has 0 radical (unpaired) electrons. The van der Waals surface area contributed by atoms with E-state index in [1.807, 2.05) is 30.3 Å². The minimum Gasteiger partial charge on any atom is -0.493 e. The lowest BCUT2D eigenvalue weighted by Crippen LogP contribution is -2.04. The predicted molar refractivity (Wildman–Crippen MR) is 145 cm³/mol. The maximum Gasteiger partial charge on any atom is 0.352 e. The van der Waals surface area contributed by atoms with E-state index in [2.05, 4.69) is 53.5 Å². The average molecular weight is 476 g/mol. The molecule has 1 aliphatic carbocycles. The van der Waals surface area contributed by atoms with E-state index in [4.69, 9.17) is 4.74 Å². The minimum absolute atomic E-state index is 0.285. The Bertz CT molecular complexity index is 1570. The third-order valence-electron chi connectivity index (χ3n) is 7.42. The van der Waals surface area contributed by atoms with Gasteiger partial charge in [0.25, 0.3) is 0 Å². The first-order valence-electron chi connectivity index (χ1n) is 12.8. The quantitative estimate of drug-likeness (QED) is 0.239. The fraction of sp³-hybridized carbons (Fsp3) is 0.219. The molecule has 0 bridgehead atoms. The summed E-state index contributed by atoms with van der Waals surface area (Å²) in [4.78, 5) is 15.5. The Morgan fingerprint density at radius 2 is 1.58 bits per heavy atom. The van der Waals surface area contributed by atoms with Crippen LogP contribution in [0.15, 0.2) is 78.9 Å². The Morgan fingerprint density at radius 1 is 0.833 bits per heavy atom. The SMILES string of the molecule is O=C(O)c1[nH]c2c(-c3cccc4c3CCCC4)cccc2c1CCCOc1cccc2ccccc12. The van der Waals surface area contributed by atoms with Gasteiger partial charge in [0, 0.05) is 16.3 Å². The first-order valence-corrected chi connectivity index (χ1v) is 12.8. The molecular weight excluding hydrogens is 446 g/mol. The predicted octanol–water partition coefficient (Wildman–Crippen LogP) is 7.58. The summed E-state index contributed by atoms with van der Waals surface area (Å²) < 4.78 is 6.13. The largest absolute Gasteiger partial charge is 0.493 e. The number of rotatable bonds is 7. The van der Waals surface area contributed by atoms with Crippen molar-refractivity contribution < 1.29 is 14.6 Å². The number of aryl methyl sites for hydroxylation is 2. The van der Waals surface area contributed by atoms with Crippen LogP contribution in [-0.4, -0.2) is 22.7 Å². The molecule has 0 spiro atoms. The highest BCUT2D eigenvalue weighted by atomic mass is 16.5. The van der Waals surface area contributed by atoms with Crippen LogP contribution >= 0.6 is 0 Å². The van der Waals surface area contributed by atoms with Gasteiger partial charge in [0.2, 0.25) is 0 Å². The van der Waals surface area contributed by atoms with E-state index in [0.29, 0.717) is 13.0 Å². The summed E-state index contributed by atoms with van der Waals surface area (Å²) in [5.74, 6) is -0.0566. The van der Waals surface area contributed by atoms with Crippen molar-refractivity contribution in [2.75, 3.05) is 6.61 Å². The number of aromatic amines is 1. The van der Waals surface area contributed by atoms with Crippen molar-refractivity contribution in [1.29, 1.82) is 0 Å². The van der Waals surface area contributed by atoms with Crippen LogP contribution in [0.2, 0.25) is 0 Å². The lowest BCUT2D eigenvalue weighted by molar-refractivity contribution is 0.0690. The van der Waals surface area contributed by atoms with E-state index in [9.17, 15) is 9.90 Å². The van der Waals surface area contributed by atoms with E-state index in [1.165, 1.54) is 29.5 Å². The van der Waals surface area contributed by atoms with Gasteiger partial charge in [-0.2, -0.15) is 0 Å². The molecule has 180 valence electrons. The number of H-pyrrole nitrogens is 1. The molecule has 0 saturated heterocycles. The molecule has 1 heterocycles. The van der Waals surface area contributed by atoms with Gasteiger partial charge in [-0.25, -0.2) is 4.79 Å². The van der Waals surface area contributed by atoms with Crippen LogP contribution in [0, 0.1) is 0 Å². The number of nitrogens with one attached hydrogen (secondary N) is 1. The number of aromatic carboxylic acids is 1. The third-order valence-corrected chi connectivity index (χ3v) is 7.42. The second-order valence-electron chi connectivity index (χ2n) is 9.59. The molecule has 2 N–H and O–H groups in total. The minimum atomic E-state index is -0.919. The molecule has 0 aliphatic heterocycles. The van der Waals surface area contributed by atoms with Gasteiger partial charge in [-0.1, -0.05) is 72.8 Å². The molecule has 0 saturated carbocycles. The number of carbonyl (C=O) groups is 1. The first kappa shape index (κ1) is 22.4. The lowest BCUT2D eigenvalue weighted by Gasteiger charge is -2.19. The van der Waals surface area contributed by atoms with E-state index >= 15 is 0 Å². The Balaban J connectivity index is 1.30. The molecule has 36 heavy (non-hydrogen) atoms. The molecule has 1 aromatic heterocycles. The van der Waals surface area contributed by atoms with Crippen molar-refractivity contribution >= 4 is 27.6 Å². The average Bonchev–Trinajstić information content (AvgIpc) is 3.30. The van der Waals surface area contributed by atoms with Gasteiger partial charge < -0.3 is 14.8 Å². The van der Waals surface area contributed by atoms with E-state index in [-0.39, 0.29) is 5.69 Å². The summed E-state index contributed by atoms with van der Waals surface area (Å²) in [5.41, 5.74) is 7.20. The second kappa shape index (κ2) is 9.54. The van der Waals surface area contributed by atoms with Gasteiger partial charge in [-0.05, 0) is 72.2 Å². The van der Waals surface area contributed by atoms with E-state index in [1.54, 1.807) is 0 Å². The molecule has 1 aliphatic rings. The van der Waals surface area contributed by atoms with Crippen LogP contribution < -0.4 is 4.74 Å². The Kier molecular flexibility index (Phi) is 5.94. The second-order valence-corrected chi connectivity index (χ2v) is 9.59. The highest BCUT2D eigenvalue weighted by molar-refractivity contribution is 6.03. The molecule has 6 rings (SSSR count). The molecule has 4 heteroatoms. The molecule has 4 aromatic carbocycles. The topological polar surface area (TPSA) is 62.3 Å². The van der Waals surface area contributed by atoms with Crippen LogP contribution in [0.5, 0.6) is 5.75 Å². The summed E-state index contributed by atoms with van der Waals surface area (Å²) in [6.45, 7) is 0.519. The van der Waals surface area contributed by atoms with Crippen molar-refractivity contribution in [2.24, 2.45) is 0 Å². The zero-order valence-corrected chi connectivity index (χ0v) is 20.2. The summed E-state index contributed by atoms with van der Waals surface area (Å²) >= 11 is 0. The number of hydrogen-bond acceptors (Lipinski definition) is 2. The molecule has 0 amide bonds. The Morgan fingerprint density at radius 3 is 2.50 bits per heavy atom. The zero-order chi connectivity index (χ0) is 24.5. The fourth-order valence-electron chi connectivity index (χ4n) is 5.73. The Labute approximate surface area is 210 Å². The first-order chi connectivity index (χ1) is 17.7. The maximum atomic E-state index is 12.2. The number of hydrogen-bond donors (Lipinski definition) is 2. The maximum absolute atomic E-state index is 12.2. The summed E-state index contributed by atoms with van der Waals surface area (Å²) in [6, 6.07) is 27.0. The zero-order valence-electron chi connectivity index (χ0n) is 20.2. The van der Waals surface area contributed by atoms with Gasteiger partial charge in [0.15, 0.2) is 0 Å². The van der Waals surface area contributed by atoms with Crippen LogP contribution in [-0.2, 0) is 19.3 Å². The number of ether oxygens (including phenoxy) is 1. The van der Waals surface area contributed by atoms with Crippen molar-refractivity contribution in [3.63, 3.8) is 0 Å². The van der Waals surface area contributed by atoms with Gasteiger partial charge in [-0.3, -0.25) is 0 Å². The number of carboxylic acid groups (broad SMARTS) is 1. The van der Waals surface area contributed by atoms with Gasteiger partial charge in [-0.15, -0.1) is 0 Å². The number of benzene rings is 4. The molecule has 0 fully saturated rings. The number of fused-ring (bicyclic) bond motifs is 3. The number of para-hydroxylation sites is 1. The highest BCUT2D eigenvalue weighted by Crippen LogP contribution is 2.37. The van der Waals surface area contributed by atoms with Gasteiger partial charge in [0.05, 0.1) is 12.1 Å². The molecule has 4 nitrogen and oxygen atoms in total. The van der Waals surface area contributed by atoms with Crippen molar-refractivity contribution in [2.45, 2.75) is 38.5 Å². The van der Waals surface area contributed by atoms with Gasteiger partial charge >= 0.3 is 5.97 Å². The smallest absolute Gasteiger partial charge is 0.352 e. The van der Waals surface area contributed by atoms with E-state index < -0.39 is 5.97 Å². The highest BCUT2D eigenvalue weighted by Gasteiger charge is 2.21. The summed E-state index contributed by atoms with van der Waals surface area (Å²) in [5, 5.41) is 13.2. The standard InChI is InChI=1S/C32H29NO3/c34-32(35)31-28(18-8-20-36-29-19-6-12-22-10-2-4-14-24(22)29)27-17-7-16-26(30(27)33-31)25-15-5-11-21-9-1-3-13-23(21)25/h2,4-7,10-12,14-17,19,33H,1,3,8-9,13,18,20H2,(H,34,35). The monoisotopic (exact) mass is 475 g/mol. The number of aromatic nitrogens is 1.